The number of aromatic nitrogens is 2. The van der Waals surface area contributed by atoms with E-state index in [2.05, 4.69) is 9.97 Å². The molecular formula is C15H14ClN3O. The maximum Gasteiger partial charge on any atom is 0.257 e. The van der Waals surface area contributed by atoms with Crippen LogP contribution in [0.2, 0.25) is 5.15 Å². The number of nitrogens with zero attached hydrogens (tertiary/aromatic N) is 3. The Morgan fingerprint density at radius 1 is 1.20 bits per heavy atom. The third-order valence-electron chi connectivity index (χ3n) is 3.30. The molecule has 0 unspecified atom stereocenters. The molecule has 4 nitrogen and oxygen atoms in total. The third-order valence-corrected chi connectivity index (χ3v) is 3.60. The maximum atomic E-state index is 12.6. The predicted molar refractivity (Wildman–Crippen MR) is 76.4 cm³/mol. The molecule has 3 rings (SSSR count). The fourth-order valence-corrected chi connectivity index (χ4v) is 2.32. The summed E-state index contributed by atoms with van der Waals surface area (Å²) in [7, 11) is 0. The van der Waals surface area contributed by atoms with Crippen LogP contribution in [-0.4, -0.2) is 26.8 Å². The number of amides is 1. The first-order valence-corrected chi connectivity index (χ1v) is 6.95. The molecule has 1 aliphatic rings. The summed E-state index contributed by atoms with van der Waals surface area (Å²) in [6, 6.07) is 9.45. The Morgan fingerprint density at radius 2 is 2.00 bits per heavy atom. The van der Waals surface area contributed by atoms with Crippen molar-refractivity contribution in [3.8, 4) is 0 Å². The first-order chi connectivity index (χ1) is 9.75. The van der Waals surface area contributed by atoms with Crippen molar-refractivity contribution in [2.75, 3.05) is 0 Å². The summed E-state index contributed by atoms with van der Waals surface area (Å²) in [5.74, 6) is -0.0729. The lowest BCUT2D eigenvalue weighted by atomic mass is 10.2. The molecule has 0 aliphatic heterocycles. The van der Waals surface area contributed by atoms with E-state index in [1.807, 2.05) is 23.1 Å². The summed E-state index contributed by atoms with van der Waals surface area (Å²) >= 11 is 6.02. The van der Waals surface area contributed by atoms with Gasteiger partial charge in [-0.25, -0.2) is 4.98 Å². The molecule has 2 heterocycles. The van der Waals surface area contributed by atoms with Crippen molar-refractivity contribution in [3.63, 3.8) is 0 Å². The van der Waals surface area contributed by atoms with E-state index in [4.69, 9.17) is 11.6 Å². The number of carbonyl (C=O) groups excluding carboxylic acids is 1. The van der Waals surface area contributed by atoms with E-state index in [9.17, 15) is 4.79 Å². The first-order valence-electron chi connectivity index (χ1n) is 6.57. The minimum Gasteiger partial charge on any atom is -0.330 e. The highest BCUT2D eigenvalue weighted by Crippen LogP contribution is 2.30. The Morgan fingerprint density at radius 3 is 2.65 bits per heavy atom. The Kier molecular flexibility index (Phi) is 3.65. The van der Waals surface area contributed by atoms with E-state index in [1.165, 1.54) is 0 Å². The van der Waals surface area contributed by atoms with Gasteiger partial charge >= 0.3 is 0 Å². The highest BCUT2D eigenvalue weighted by Gasteiger charge is 2.34. The van der Waals surface area contributed by atoms with Gasteiger partial charge in [0.05, 0.1) is 17.8 Å². The van der Waals surface area contributed by atoms with Gasteiger partial charge in [0.2, 0.25) is 0 Å². The zero-order valence-corrected chi connectivity index (χ0v) is 11.6. The van der Waals surface area contributed by atoms with E-state index in [0.717, 1.165) is 18.5 Å². The fourth-order valence-electron chi connectivity index (χ4n) is 2.12. The van der Waals surface area contributed by atoms with Crippen LogP contribution in [0.4, 0.5) is 0 Å². The van der Waals surface area contributed by atoms with E-state index < -0.39 is 0 Å². The lowest BCUT2D eigenvalue weighted by Gasteiger charge is -2.22. The zero-order valence-electron chi connectivity index (χ0n) is 10.9. The molecule has 0 spiro atoms. The van der Waals surface area contributed by atoms with E-state index in [0.29, 0.717) is 18.2 Å². The average Bonchev–Trinajstić information content (AvgIpc) is 3.30. The molecule has 5 heteroatoms. The quantitative estimate of drug-likeness (QED) is 0.812. The molecule has 1 aliphatic carbocycles. The number of halogens is 1. The predicted octanol–water partition coefficient (Wildman–Crippen LogP) is 2.93. The van der Waals surface area contributed by atoms with Crippen LogP contribution < -0.4 is 0 Å². The van der Waals surface area contributed by atoms with Gasteiger partial charge in [0.25, 0.3) is 5.91 Å². The van der Waals surface area contributed by atoms with E-state index in [1.54, 1.807) is 24.5 Å². The standard InChI is InChI=1S/C15H14ClN3O/c16-14-13(5-3-9-18-14)15(20)19(12-6-7-12)10-11-4-1-2-8-17-11/h1-5,8-9,12H,6-7,10H2. The molecule has 0 N–H and O–H groups in total. The van der Waals surface area contributed by atoms with Crippen LogP contribution in [0.3, 0.4) is 0 Å². The van der Waals surface area contributed by atoms with Crippen molar-refractivity contribution in [3.05, 3.63) is 59.1 Å². The molecule has 1 saturated carbocycles. The minimum absolute atomic E-state index is 0.0729. The normalized spacial score (nSPS) is 14.1. The van der Waals surface area contributed by atoms with Gasteiger partial charge in [-0.2, -0.15) is 0 Å². The highest BCUT2D eigenvalue weighted by molar-refractivity contribution is 6.32. The van der Waals surface area contributed by atoms with E-state index in [-0.39, 0.29) is 11.1 Å². The Bertz CT molecular complexity index is 614. The smallest absolute Gasteiger partial charge is 0.257 e. The van der Waals surface area contributed by atoms with Gasteiger partial charge in [0.1, 0.15) is 5.15 Å². The summed E-state index contributed by atoms with van der Waals surface area (Å²) in [5, 5.41) is 0.254. The number of hydrogen-bond acceptors (Lipinski definition) is 3. The summed E-state index contributed by atoms with van der Waals surface area (Å²) in [6.45, 7) is 0.509. The zero-order chi connectivity index (χ0) is 13.9. The summed E-state index contributed by atoms with van der Waals surface area (Å²) in [4.78, 5) is 22.7. The summed E-state index contributed by atoms with van der Waals surface area (Å²) < 4.78 is 0. The maximum absolute atomic E-state index is 12.6. The Balaban J connectivity index is 1.84. The van der Waals surface area contributed by atoms with Crippen LogP contribution in [0.25, 0.3) is 0 Å². The van der Waals surface area contributed by atoms with Crippen LogP contribution in [0.1, 0.15) is 28.9 Å². The van der Waals surface area contributed by atoms with Gasteiger partial charge in [-0.1, -0.05) is 17.7 Å². The van der Waals surface area contributed by atoms with Gasteiger partial charge in [-0.3, -0.25) is 9.78 Å². The molecule has 1 fully saturated rings. The van der Waals surface area contributed by atoms with E-state index >= 15 is 0 Å². The average molecular weight is 288 g/mol. The SMILES string of the molecule is O=C(c1cccnc1Cl)N(Cc1ccccn1)C1CC1. The van der Waals surface area contributed by atoms with Crippen molar-refractivity contribution in [2.24, 2.45) is 0 Å². The van der Waals surface area contributed by atoms with Gasteiger partial charge in [0.15, 0.2) is 0 Å². The van der Waals surface area contributed by atoms with Crippen LogP contribution in [0, 0.1) is 0 Å². The van der Waals surface area contributed by atoms with Crippen molar-refractivity contribution in [2.45, 2.75) is 25.4 Å². The monoisotopic (exact) mass is 287 g/mol. The second kappa shape index (κ2) is 5.59. The number of pyridine rings is 2. The molecule has 2 aromatic heterocycles. The van der Waals surface area contributed by atoms with Crippen LogP contribution in [0.5, 0.6) is 0 Å². The molecule has 0 bridgehead atoms. The second-order valence-electron chi connectivity index (χ2n) is 4.83. The Hall–Kier alpha value is -1.94. The van der Waals surface area contributed by atoms with Crippen molar-refractivity contribution < 1.29 is 4.79 Å². The molecule has 0 saturated heterocycles. The molecule has 102 valence electrons. The van der Waals surface area contributed by atoms with Crippen molar-refractivity contribution >= 4 is 17.5 Å². The molecule has 20 heavy (non-hydrogen) atoms. The topological polar surface area (TPSA) is 46.1 Å². The first kappa shape index (κ1) is 13.1. The summed E-state index contributed by atoms with van der Waals surface area (Å²) in [5.41, 5.74) is 1.34. The van der Waals surface area contributed by atoms with Crippen molar-refractivity contribution in [1.82, 2.24) is 14.9 Å². The van der Waals surface area contributed by atoms with Gasteiger partial charge in [0, 0.05) is 18.4 Å². The summed E-state index contributed by atoms with van der Waals surface area (Å²) in [6.07, 6.45) is 5.40. The second-order valence-corrected chi connectivity index (χ2v) is 5.19. The third kappa shape index (κ3) is 2.80. The molecule has 0 radical (unpaired) electrons. The van der Waals surface area contributed by atoms with Crippen LogP contribution >= 0.6 is 11.6 Å². The lowest BCUT2D eigenvalue weighted by Crippen LogP contribution is -2.33. The number of rotatable bonds is 4. The molecule has 0 atom stereocenters. The fraction of sp³-hybridized carbons (Fsp3) is 0.267. The number of carbonyl (C=O) groups is 1. The van der Waals surface area contributed by atoms with Gasteiger partial charge in [-0.05, 0) is 37.1 Å². The number of hydrogen-bond donors (Lipinski definition) is 0. The van der Waals surface area contributed by atoms with Gasteiger partial charge < -0.3 is 4.90 Å². The molecule has 0 aromatic carbocycles. The molecular weight excluding hydrogens is 274 g/mol. The minimum atomic E-state index is -0.0729. The lowest BCUT2D eigenvalue weighted by molar-refractivity contribution is 0.0727. The molecule has 1 amide bonds. The largest absolute Gasteiger partial charge is 0.330 e. The van der Waals surface area contributed by atoms with Crippen LogP contribution in [0.15, 0.2) is 42.7 Å². The highest BCUT2D eigenvalue weighted by atomic mass is 35.5. The van der Waals surface area contributed by atoms with Gasteiger partial charge in [-0.15, -0.1) is 0 Å². The Labute approximate surface area is 122 Å². The van der Waals surface area contributed by atoms with Crippen LogP contribution in [-0.2, 0) is 6.54 Å². The van der Waals surface area contributed by atoms with Crippen molar-refractivity contribution in [1.29, 1.82) is 0 Å². The molecule has 2 aromatic rings.